The minimum absolute atomic E-state index is 0.0227. The monoisotopic (exact) mass is 304 g/mol. The van der Waals surface area contributed by atoms with Crippen molar-refractivity contribution in [2.45, 2.75) is 31.8 Å². The van der Waals surface area contributed by atoms with Crippen molar-refractivity contribution < 1.29 is 9.53 Å². The number of nitrogens with one attached hydrogen (secondary N) is 2. The highest BCUT2D eigenvalue weighted by atomic mass is 16.5. The van der Waals surface area contributed by atoms with E-state index >= 15 is 0 Å². The summed E-state index contributed by atoms with van der Waals surface area (Å²) in [7, 11) is 1.66. The molecule has 0 saturated carbocycles. The van der Waals surface area contributed by atoms with E-state index in [-0.39, 0.29) is 23.8 Å². The third-order valence-corrected chi connectivity index (χ3v) is 4.15. The van der Waals surface area contributed by atoms with Crippen LogP contribution >= 0.6 is 0 Å². The average Bonchev–Trinajstić information content (AvgIpc) is 3.23. The average molecular weight is 304 g/mol. The Bertz CT molecular complexity index is 636. The van der Waals surface area contributed by atoms with Crippen LogP contribution < -0.4 is 0 Å². The number of hydrogen-bond acceptors (Lipinski definition) is 5. The van der Waals surface area contributed by atoms with E-state index in [1.165, 1.54) is 0 Å². The maximum Gasteiger partial charge on any atom is 0.257 e. The summed E-state index contributed by atoms with van der Waals surface area (Å²) in [6.45, 7) is 5.16. The van der Waals surface area contributed by atoms with E-state index < -0.39 is 0 Å². The number of amides is 1. The smallest absolute Gasteiger partial charge is 0.257 e. The fourth-order valence-electron chi connectivity index (χ4n) is 2.93. The van der Waals surface area contributed by atoms with Crippen molar-refractivity contribution in [3.8, 4) is 0 Å². The SMILES string of the molecule is CO[C@@H]1CN(C(=O)c2cn[nH]c2C(C)C)C[C@H]1c1cn[nH]n1. The van der Waals surface area contributed by atoms with E-state index in [0.717, 1.165) is 11.4 Å². The van der Waals surface area contributed by atoms with Gasteiger partial charge in [-0.15, -0.1) is 0 Å². The molecule has 8 nitrogen and oxygen atoms in total. The highest BCUT2D eigenvalue weighted by molar-refractivity contribution is 5.95. The van der Waals surface area contributed by atoms with E-state index in [0.29, 0.717) is 18.7 Å². The number of hydrogen-bond donors (Lipinski definition) is 2. The van der Waals surface area contributed by atoms with Gasteiger partial charge in [-0.1, -0.05) is 13.8 Å². The molecule has 1 saturated heterocycles. The molecule has 1 aliphatic heterocycles. The highest BCUT2D eigenvalue weighted by Crippen LogP contribution is 2.29. The van der Waals surface area contributed by atoms with Gasteiger partial charge in [-0.2, -0.15) is 20.5 Å². The molecule has 0 aromatic carbocycles. The molecule has 1 amide bonds. The van der Waals surface area contributed by atoms with Crippen LogP contribution in [-0.4, -0.2) is 62.7 Å². The van der Waals surface area contributed by atoms with Crippen molar-refractivity contribution in [2.24, 2.45) is 0 Å². The van der Waals surface area contributed by atoms with Crippen LogP contribution in [-0.2, 0) is 4.74 Å². The second kappa shape index (κ2) is 5.88. The summed E-state index contributed by atoms with van der Waals surface area (Å²) in [5, 5.41) is 17.5. The zero-order valence-corrected chi connectivity index (χ0v) is 12.9. The van der Waals surface area contributed by atoms with Crippen molar-refractivity contribution in [1.82, 2.24) is 30.5 Å². The molecule has 0 aliphatic carbocycles. The van der Waals surface area contributed by atoms with Crippen molar-refractivity contribution >= 4 is 5.91 Å². The topological polar surface area (TPSA) is 99.8 Å². The number of methoxy groups -OCH3 is 1. The third-order valence-electron chi connectivity index (χ3n) is 4.15. The molecular formula is C14H20N6O2. The van der Waals surface area contributed by atoms with Crippen LogP contribution in [0.1, 0.15) is 47.4 Å². The van der Waals surface area contributed by atoms with Crippen LogP contribution in [0.4, 0.5) is 0 Å². The predicted molar refractivity (Wildman–Crippen MR) is 78.5 cm³/mol. The van der Waals surface area contributed by atoms with Crippen molar-refractivity contribution in [1.29, 1.82) is 0 Å². The van der Waals surface area contributed by atoms with Crippen LogP contribution in [0.25, 0.3) is 0 Å². The van der Waals surface area contributed by atoms with E-state index in [4.69, 9.17) is 4.74 Å². The Kier molecular flexibility index (Phi) is 3.93. The van der Waals surface area contributed by atoms with Gasteiger partial charge in [0.2, 0.25) is 0 Å². The zero-order valence-electron chi connectivity index (χ0n) is 12.9. The van der Waals surface area contributed by atoms with Crippen LogP contribution in [0.2, 0.25) is 0 Å². The minimum atomic E-state index is -0.0801. The minimum Gasteiger partial charge on any atom is -0.379 e. The van der Waals surface area contributed by atoms with E-state index in [1.807, 2.05) is 13.8 Å². The Morgan fingerprint density at radius 3 is 2.82 bits per heavy atom. The number of aromatic nitrogens is 5. The molecule has 22 heavy (non-hydrogen) atoms. The van der Waals surface area contributed by atoms with Gasteiger partial charge in [0.25, 0.3) is 5.91 Å². The lowest BCUT2D eigenvalue weighted by Gasteiger charge is -2.16. The summed E-state index contributed by atoms with van der Waals surface area (Å²) in [5.41, 5.74) is 2.31. The Balaban J connectivity index is 1.81. The van der Waals surface area contributed by atoms with Gasteiger partial charge in [0.15, 0.2) is 0 Å². The molecule has 0 unspecified atom stereocenters. The molecule has 0 spiro atoms. The van der Waals surface area contributed by atoms with Gasteiger partial charge in [-0.3, -0.25) is 9.89 Å². The summed E-state index contributed by atoms with van der Waals surface area (Å²) in [6.07, 6.45) is 3.20. The van der Waals surface area contributed by atoms with Gasteiger partial charge in [-0.25, -0.2) is 0 Å². The fourth-order valence-corrected chi connectivity index (χ4v) is 2.93. The van der Waals surface area contributed by atoms with Gasteiger partial charge in [0.1, 0.15) is 0 Å². The lowest BCUT2D eigenvalue weighted by Crippen LogP contribution is -2.30. The summed E-state index contributed by atoms with van der Waals surface area (Å²) in [6, 6.07) is 0. The van der Waals surface area contributed by atoms with Gasteiger partial charge < -0.3 is 9.64 Å². The van der Waals surface area contributed by atoms with Crippen molar-refractivity contribution in [3.63, 3.8) is 0 Å². The molecule has 2 aromatic rings. The largest absolute Gasteiger partial charge is 0.379 e. The molecule has 1 fully saturated rings. The zero-order chi connectivity index (χ0) is 15.7. The number of carbonyl (C=O) groups excluding carboxylic acids is 1. The normalized spacial score (nSPS) is 21.7. The number of aromatic amines is 2. The third kappa shape index (κ3) is 2.50. The van der Waals surface area contributed by atoms with Crippen LogP contribution in [0.5, 0.6) is 0 Å². The molecule has 3 heterocycles. The highest BCUT2D eigenvalue weighted by Gasteiger charge is 2.38. The quantitative estimate of drug-likeness (QED) is 0.874. The maximum absolute atomic E-state index is 12.8. The molecule has 8 heteroatoms. The molecule has 0 bridgehead atoms. The first-order valence-electron chi connectivity index (χ1n) is 7.32. The van der Waals surface area contributed by atoms with E-state index in [9.17, 15) is 4.79 Å². The van der Waals surface area contributed by atoms with Crippen LogP contribution in [0, 0.1) is 0 Å². The first-order valence-corrected chi connectivity index (χ1v) is 7.32. The van der Waals surface area contributed by atoms with Gasteiger partial charge in [-0.05, 0) is 5.92 Å². The lowest BCUT2D eigenvalue weighted by atomic mass is 10.0. The predicted octanol–water partition coefficient (Wildman–Crippen LogP) is 0.906. The Morgan fingerprint density at radius 2 is 2.18 bits per heavy atom. The second-order valence-electron chi connectivity index (χ2n) is 5.84. The Labute approximate surface area is 128 Å². The number of likely N-dealkylation sites (tertiary alicyclic amines) is 1. The summed E-state index contributed by atoms with van der Waals surface area (Å²) in [4.78, 5) is 14.6. The molecule has 2 aromatic heterocycles. The first-order chi connectivity index (χ1) is 10.6. The second-order valence-corrected chi connectivity index (χ2v) is 5.84. The Hall–Kier alpha value is -2.22. The van der Waals surface area contributed by atoms with Crippen molar-refractivity contribution in [2.75, 3.05) is 20.2 Å². The molecule has 2 N–H and O–H groups in total. The van der Waals surface area contributed by atoms with Crippen LogP contribution in [0.3, 0.4) is 0 Å². The number of carbonyl (C=O) groups is 1. The maximum atomic E-state index is 12.8. The van der Waals surface area contributed by atoms with Gasteiger partial charge in [0.05, 0.1) is 41.4 Å². The van der Waals surface area contributed by atoms with E-state index in [1.54, 1.807) is 24.4 Å². The number of H-pyrrole nitrogens is 2. The molecular weight excluding hydrogens is 284 g/mol. The molecule has 2 atom stereocenters. The summed E-state index contributed by atoms with van der Waals surface area (Å²) < 4.78 is 5.52. The van der Waals surface area contributed by atoms with Gasteiger partial charge >= 0.3 is 0 Å². The standard InChI is InChI=1S/C14H20N6O2/c1-8(2)13-9(4-15-18-13)14(21)20-6-10(12(7-20)22-3)11-5-16-19-17-11/h4-5,8,10,12H,6-7H2,1-3H3,(H,15,18)(H,16,17,19)/t10-,12+/m0/s1. The molecule has 1 aliphatic rings. The fraction of sp³-hybridized carbons (Fsp3) is 0.571. The Morgan fingerprint density at radius 1 is 1.36 bits per heavy atom. The summed E-state index contributed by atoms with van der Waals surface area (Å²) >= 11 is 0. The van der Waals surface area contributed by atoms with Crippen LogP contribution in [0.15, 0.2) is 12.4 Å². The number of rotatable bonds is 4. The molecule has 118 valence electrons. The number of nitrogens with zero attached hydrogens (tertiary/aromatic N) is 4. The molecule has 0 radical (unpaired) electrons. The number of ether oxygens (including phenoxy) is 1. The summed E-state index contributed by atoms with van der Waals surface area (Å²) in [5.74, 6) is 0.223. The van der Waals surface area contributed by atoms with Gasteiger partial charge in [0, 0.05) is 20.2 Å². The first kappa shape index (κ1) is 14.7. The van der Waals surface area contributed by atoms with Crippen molar-refractivity contribution in [3.05, 3.63) is 29.3 Å². The molecule has 3 rings (SSSR count). The lowest BCUT2D eigenvalue weighted by molar-refractivity contribution is 0.0713. The van der Waals surface area contributed by atoms with E-state index in [2.05, 4.69) is 25.6 Å².